The summed E-state index contributed by atoms with van der Waals surface area (Å²) in [7, 11) is -3.51. The molecule has 0 bridgehead atoms. The van der Waals surface area contributed by atoms with E-state index in [1.165, 1.54) is 6.92 Å². The van der Waals surface area contributed by atoms with Gasteiger partial charge in [-0.3, -0.25) is 4.79 Å². The topological polar surface area (TPSA) is 102 Å². The van der Waals surface area contributed by atoms with E-state index in [9.17, 15) is 13.2 Å². The number of aryl methyl sites for hydroxylation is 1. The first-order valence-electron chi connectivity index (χ1n) is 7.59. The van der Waals surface area contributed by atoms with Crippen LogP contribution in [0.4, 0.5) is 0 Å². The summed E-state index contributed by atoms with van der Waals surface area (Å²) in [5.41, 5.74) is 0. The van der Waals surface area contributed by atoms with Crippen LogP contribution < -0.4 is 5.32 Å². The number of nitrogens with one attached hydrogen (secondary N) is 1. The van der Waals surface area contributed by atoms with E-state index >= 15 is 0 Å². The molecule has 0 saturated carbocycles. The van der Waals surface area contributed by atoms with Crippen LogP contribution in [0.25, 0.3) is 0 Å². The summed E-state index contributed by atoms with van der Waals surface area (Å²) in [6.07, 6.45) is 2.53. The lowest BCUT2D eigenvalue weighted by Gasteiger charge is -2.10. The lowest BCUT2D eigenvalue weighted by atomic mass is 10.2. The van der Waals surface area contributed by atoms with Gasteiger partial charge in [0.1, 0.15) is 5.25 Å². The van der Waals surface area contributed by atoms with E-state index in [-0.39, 0.29) is 30.0 Å². The standard InChI is InChI=1S/C14H25N3O4S/c1-5-6-7-12-16-14(21-17-12)11(4)22(19,20)9-8-13(18)15-10(2)3/h10-11H,5-9H2,1-4H3,(H,15,18). The summed E-state index contributed by atoms with van der Waals surface area (Å²) in [6.45, 7) is 7.21. The van der Waals surface area contributed by atoms with E-state index < -0.39 is 15.1 Å². The van der Waals surface area contributed by atoms with Crippen molar-refractivity contribution in [2.45, 2.75) is 64.7 Å². The number of hydrogen-bond donors (Lipinski definition) is 1. The second kappa shape index (κ2) is 8.26. The lowest BCUT2D eigenvalue weighted by molar-refractivity contribution is -0.121. The number of unbranched alkanes of at least 4 members (excludes halogenated alkanes) is 1. The van der Waals surface area contributed by atoms with Crippen LogP contribution in [0.1, 0.15) is 63.9 Å². The summed E-state index contributed by atoms with van der Waals surface area (Å²) in [5, 5.41) is 5.56. The zero-order chi connectivity index (χ0) is 16.8. The quantitative estimate of drug-likeness (QED) is 0.740. The molecule has 0 aromatic carbocycles. The molecule has 0 aliphatic rings. The molecule has 1 amide bonds. The van der Waals surface area contributed by atoms with E-state index in [1.54, 1.807) is 0 Å². The maximum atomic E-state index is 12.2. The van der Waals surface area contributed by atoms with Gasteiger partial charge in [0.25, 0.3) is 0 Å². The first kappa shape index (κ1) is 18.6. The average Bonchev–Trinajstić information content (AvgIpc) is 2.90. The van der Waals surface area contributed by atoms with Crippen molar-refractivity contribution in [2.75, 3.05) is 5.75 Å². The van der Waals surface area contributed by atoms with Gasteiger partial charge in [-0.2, -0.15) is 4.98 Å². The van der Waals surface area contributed by atoms with E-state index in [0.717, 1.165) is 12.8 Å². The van der Waals surface area contributed by atoms with E-state index in [2.05, 4.69) is 22.4 Å². The number of nitrogens with zero attached hydrogens (tertiary/aromatic N) is 2. The third-order valence-corrected chi connectivity index (χ3v) is 5.24. The van der Waals surface area contributed by atoms with Crippen molar-refractivity contribution in [1.29, 1.82) is 0 Å². The minimum Gasteiger partial charge on any atom is -0.354 e. The van der Waals surface area contributed by atoms with Crippen LogP contribution >= 0.6 is 0 Å². The van der Waals surface area contributed by atoms with Gasteiger partial charge in [-0.15, -0.1) is 0 Å². The summed E-state index contributed by atoms with van der Waals surface area (Å²) in [6, 6.07) is -0.00954. The van der Waals surface area contributed by atoms with E-state index in [1.807, 2.05) is 13.8 Å². The Morgan fingerprint density at radius 3 is 2.59 bits per heavy atom. The van der Waals surface area contributed by atoms with Crippen molar-refractivity contribution < 1.29 is 17.7 Å². The monoisotopic (exact) mass is 331 g/mol. The Morgan fingerprint density at radius 1 is 1.32 bits per heavy atom. The molecule has 7 nitrogen and oxygen atoms in total. The third-order valence-electron chi connectivity index (χ3n) is 3.19. The van der Waals surface area contributed by atoms with Crippen LogP contribution in [-0.2, 0) is 21.1 Å². The Kier molecular flexibility index (Phi) is 6.99. The maximum Gasteiger partial charge on any atom is 0.244 e. The lowest BCUT2D eigenvalue weighted by Crippen LogP contribution is -2.31. The van der Waals surface area contributed by atoms with Gasteiger partial charge in [-0.25, -0.2) is 8.42 Å². The van der Waals surface area contributed by atoms with Gasteiger partial charge >= 0.3 is 0 Å². The molecule has 1 aromatic rings. The highest BCUT2D eigenvalue weighted by molar-refractivity contribution is 7.91. The van der Waals surface area contributed by atoms with Crippen LogP contribution in [0.3, 0.4) is 0 Å². The molecule has 0 saturated heterocycles. The molecule has 0 fully saturated rings. The molecule has 0 radical (unpaired) electrons. The SMILES string of the molecule is CCCCc1noc(C(C)S(=O)(=O)CCC(=O)NC(C)C)n1. The van der Waals surface area contributed by atoms with Crippen molar-refractivity contribution in [3.05, 3.63) is 11.7 Å². The third kappa shape index (κ3) is 5.75. The van der Waals surface area contributed by atoms with Crippen molar-refractivity contribution in [3.63, 3.8) is 0 Å². The number of hydrogen-bond acceptors (Lipinski definition) is 6. The van der Waals surface area contributed by atoms with Gasteiger partial charge < -0.3 is 9.84 Å². The molecule has 1 aromatic heterocycles. The first-order chi connectivity index (χ1) is 10.3. The van der Waals surface area contributed by atoms with Gasteiger partial charge in [0.2, 0.25) is 11.8 Å². The van der Waals surface area contributed by atoms with Gasteiger partial charge in [0, 0.05) is 18.9 Å². The minimum absolute atomic E-state index is 0.00954. The predicted octanol–water partition coefficient (Wildman–Crippen LogP) is 1.80. The number of rotatable bonds is 9. The molecule has 0 spiro atoms. The number of carbonyl (C=O) groups excluding carboxylic acids is 1. The molecule has 126 valence electrons. The molecule has 1 rings (SSSR count). The van der Waals surface area contributed by atoms with Gasteiger partial charge in [-0.05, 0) is 27.2 Å². The van der Waals surface area contributed by atoms with Crippen molar-refractivity contribution in [3.8, 4) is 0 Å². The minimum atomic E-state index is -3.51. The number of amides is 1. The molecular formula is C14H25N3O4S. The number of sulfone groups is 1. The molecule has 0 aliphatic carbocycles. The van der Waals surface area contributed by atoms with Crippen molar-refractivity contribution in [2.24, 2.45) is 0 Å². The van der Waals surface area contributed by atoms with Crippen LogP contribution in [0.15, 0.2) is 4.52 Å². The molecular weight excluding hydrogens is 306 g/mol. The summed E-state index contributed by atoms with van der Waals surface area (Å²) < 4.78 is 29.5. The first-order valence-corrected chi connectivity index (χ1v) is 9.31. The fourth-order valence-corrected chi connectivity index (χ4v) is 3.05. The van der Waals surface area contributed by atoms with Crippen molar-refractivity contribution >= 4 is 15.7 Å². The Balaban J connectivity index is 2.64. The fraction of sp³-hybridized carbons (Fsp3) is 0.786. The van der Waals surface area contributed by atoms with Crippen LogP contribution in [0, 0.1) is 0 Å². The predicted molar refractivity (Wildman–Crippen MR) is 83.0 cm³/mol. The van der Waals surface area contributed by atoms with Gasteiger partial charge in [0.15, 0.2) is 15.7 Å². The Morgan fingerprint density at radius 2 is 2.00 bits per heavy atom. The fourth-order valence-electron chi connectivity index (χ4n) is 1.83. The molecule has 1 unspecified atom stereocenters. The number of carbonyl (C=O) groups is 1. The number of aromatic nitrogens is 2. The van der Waals surface area contributed by atoms with Crippen LogP contribution in [0.5, 0.6) is 0 Å². The average molecular weight is 331 g/mol. The summed E-state index contributed by atoms with van der Waals surface area (Å²) in [4.78, 5) is 15.7. The molecule has 8 heteroatoms. The highest BCUT2D eigenvalue weighted by Gasteiger charge is 2.28. The molecule has 1 heterocycles. The normalized spacial score (nSPS) is 13.3. The summed E-state index contributed by atoms with van der Waals surface area (Å²) in [5.74, 6) is 0.103. The van der Waals surface area contributed by atoms with Crippen LogP contribution in [0.2, 0.25) is 0 Å². The summed E-state index contributed by atoms with van der Waals surface area (Å²) >= 11 is 0. The second-order valence-electron chi connectivity index (χ2n) is 5.63. The van der Waals surface area contributed by atoms with Crippen LogP contribution in [-0.4, -0.2) is 36.3 Å². The zero-order valence-electron chi connectivity index (χ0n) is 13.6. The molecule has 1 N–H and O–H groups in total. The van der Waals surface area contributed by atoms with E-state index in [0.29, 0.717) is 12.2 Å². The largest absolute Gasteiger partial charge is 0.354 e. The Bertz CT molecular complexity index is 581. The van der Waals surface area contributed by atoms with Crippen molar-refractivity contribution in [1.82, 2.24) is 15.5 Å². The maximum absolute atomic E-state index is 12.2. The molecule has 1 atom stereocenters. The Labute approximate surface area is 131 Å². The Hall–Kier alpha value is -1.44. The zero-order valence-corrected chi connectivity index (χ0v) is 14.4. The molecule has 0 aliphatic heterocycles. The van der Waals surface area contributed by atoms with Gasteiger partial charge in [0.05, 0.1) is 5.75 Å². The highest BCUT2D eigenvalue weighted by Crippen LogP contribution is 2.21. The van der Waals surface area contributed by atoms with Gasteiger partial charge in [-0.1, -0.05) is 18.5 Å². The molecule has 22 heavy (non-hydrogen) atoms. The highest BCUT2D eigenvalue weighted by atomic mass is 32.2. The smallest absolute Gasteiger partial charge is 0.244 e. The van der Waals surface area contributed by atoms with E-state index in [4.69, 9.17) is 4.52 Å². The second-order valence-corrected chi connectivity index (χ2v) is 8.07.